The third-order valence-corrected chi connectivity index (χ3v) is 4.20. The number of rotatable bonds is 5. The second-order valence-electron chi connectivity index (χ2n) is 5.95. The van der Waals surface area contributed by atoms with Crippen LogP contribution in [0.5, 0.6) is 0 Å². The summed E-state index contributed by atoms with van der Waals surface area (Å²) < 4.78 is 0. The highest BCUT2D eigenvalue weighted by Crippen LogP contribution is 2.25. The molecule has 0 atom stereocenters. The van der Waals surface area contributed by atoms with Crippen molar-refractivity contribution in [3.8, 4) is 0 Å². The van der Waals surface area contributed by atoms with Crippen LogP contribution < -0.4 is 5.73 Å². The molecule has 3 aromatic carbocycles. The Morgan fingerprint density at radius 1 is 0.714 bits per heavy atom. The standard InChI is InChI=1S/C20H23N/c1-2-3-4-5-6-15-7-8-16-13-19-14-20(21)10-9-17(19)12-18(16)11-15/h7-14H,2-6,21H2,1H3. The quantitative estimate of drug-likeness (QED) is 0.361. The zero-order chi connectivity index (χ0) is 14.7. The Bertz CT molecular complexity index is 758. The monoisotopic (exact) mass is 277 g/mol. The van der Waals surface area contributed by atoms with Crippen LogP contribution in [0.4, 0.5) is 5.69 Å². The summed E-state index contributed by atoms with van der Waals surface area (Å²) in [6.07, 6.45) is 6.47. The Morgan fingerprint density at radius 3 is 2.19 bits per heavy atom. The molecule has 0 amide bonds. The molecule has 0 unspecified atom stereocenters. The zero-order valence-corrected chi connectivity index (χ0v) is 12.7. The van der Waals surface area contributed by atoms with E-state index in [1.165, 1.54) is 59.2 Å². The van der Waals surface area contributed by atoms with Gasteiger partial charge in [-0.1, -0.05) is 50.5 Å². The highest BCUT2D eigenvalue weighted by Gasteiger charge is 2.01. The summed E-state index contributed by atoms with van der Waals surface area (Å²) in [6, 6.07) is 17.5. The molecule has 0 fully saturated rings. The van der Waals surface area contributed by atoms with E-state index in [-0.39, 0.29) is 0 Å². The van der Waals surface area contributed by atoms with Gasteiger partial charge < -0.3 is 5.73 Å². The van der Waals surface area contributed by atoms with Gasteiger partial charge in [-0.05, 0) is 64.2 Å². The third-order valence-electron chi connectivity index (χ3n) is 4.20. The molecule has 0 aromatic heterocycles. The highest BCUT2D eigenvalue weighted by atomic mass is 14.5. The lowest BCUT2D eigenvalue weighted by molar-refractivity contribution is 0.667. The molecule has 0 aliphatic carbocycles. The second-order valence-corrected chi connectivity index (χ2v) is 5.95. The van der Waals surface area contributed by atoms with E-state index in [1.807, 2.05) is 12.1 Å². The second kappa shape index (κ2) is 6.17. The normalized spacial score (nSPS) is 11.3. The summed E-state index contributed by atoms with van der Waals surface area (Å²) in [5, 5.41) is 5.11. The van der Waals surface area contributed by atoms with Crippen molar-refractivity contribution in [1.29, 1.82) is 0 Å². The minimum atomic E-state index is 0.828. The van der Waals surface area contributed by atoms with E-state index in [0.29, 0.717) is 0 Å². The van der Waals surface area contributed by atoms with Gasteiger partial charge in [-0.3, -0.25) is 0 Å². The summed E-state index contributed by atoms with van der Waals surface area (Å²) in [7, 11) is 0. The maximum absolute atomic E-state index is 5.87. The van der Waals surface area contributed by atoms with Gasteiger partial charge in [0, 0.05) is 5.69 Å². The van der Waals surface area contributed by atoms with Crippen LogP contribution in [0.2, 0.25) is 0 Å². The van der Waals surface area contributed by atoms with Gasteiger partial charge >= 0.3 is 0 Å². The topological polar surface area (TPSA) is 26.0 Å². The SMILES string of the molecule is CCCCCCc1ccc2cc3cc(N)ccc3cc2c1. The Kier molecular flexibility index (Phi) is 4.10. The first kappa shape index (κ1) is 13.9. The predicted molar refractivity (Wildman–Crippen MR) is 93.7 cm³/mol. The van der Waals surface area contributed by atoms with Crippen molar-refractivity contribution in [3.05, 3.63) is 54.1 Å². The molecule has 3 rings (SSSR count). The summed E-state index contributed by atoms with van der Waals surface area (Å²) >= 11 is 0. The smallest absolute Gasteiger partial charge is 0.0320 e. The Balaban J connectivity index is 1.90. The number of benzene rings is 3. The molecule has 0 radical (unpaired) electrons. The molecule has 0 saturated carbocycles. The van der Waals surface area contributed by atoms with Crippen molar-refractivity contribution in [2.24, 2.45) is 0 Å². The molecule has 3 aromatic rings. The maximum atomic E-state index is 5.87. The molecule has 0 aliphatic heterocycles. The number of hydrogen-bond donors (Lipinski definition) is 1. The number of hydrogen-bond acceptors (Lipinski definition) is 1. The van der Waals surface area contributed by atoms with Crippen LogP contribution in [0.25, 0.3) is 21.5 Å². The van der Waals surface area contributed by atoms with Crippen LogP contribution in [0, 0.1) is 0 Å². The third kappa shape index (κ3) is 3.18. The fourth-order valence-electron chi connectivity index (χ4n) is 2.98. The molecule has 0 heterocycles. The molecule has 1 nitrogen and oxygen atoms in total. The molecule has 0 saturated heterocycles. The van der Waals surface area contributed by atoms with Gasteiger partial charge in [-0.15, -0.1) is 0 Å². The Hall–Kier alpha value is -2.02. The summed E-state index contributed by atoms with van der Waals surface area (Å²) in [6.45, 7) is 2.26. The summed E-state index contributed by atoms with van der Waals surface area (Å²) in [4.78, 5) is 0. The Labute approximate surface area is 126 Å². The van der Waals surface area contributed by atoms with Crippen molar-refractivity contribution in [2.75, 3.05) is 5.73 Å². The number of anilines is 1. The number of fused-ring (bicyclic) bond motifs is 2. The fourth-order valence-corrected chi connectivity index (χ4v) is 2.98. The van der Waals surface area contributed by atoms with Gasteiger partial charge in [-0.2, -0.15) is 0 Å². The number of nitrogen functional groups attached to an aromatic ring is 1. The van der Waals surface area contributed by atoms with Crippen molar-refractivity contribution in [3.63, 3.8) is 0 Å². The van der Waals surface area contributed by atoms with Crippen molar-refractivity contribution < 1.29 is 0 Å². The van der Waals surface area contributed by atoms with E-state index in [2.05, 4.69) is 43.3 Å². The fraction of sp³-hybridized carbons (Fsp3) is 0.300. The average molecular weight is 277 g/mol. The molecule has 0 aliphatic rings. The van der Waals surface area contributed by atoms with Gasteiger partial charge in [0.25, 0.3) is 0 Å². The van der Waals surface area contributed by atoms with Gasteiger partial charge in [0.15, 0.2) is 0 Å². The van der Waals surface area contributed by atoms with Crippen LogP contribution >= 0.6 is 0 Å². The van der Waals surface area contributed by atoms with Gasteiger partial charge in [0.1, 0.15) is 0 Å². The molecule has 1 heteroatoms. The first-order chi connectivity index (χ1) is 10.3. The van der Waals surface area contributed by atoms with Crippen molar-refractivity contribution in [1.82, 2.24) is 0 Å². The van der Waals surface area contributed by atoms with Crippen LogP contribution in [0.15, 0.2) is 48.5 Å². The first-order valence-corrected chi connectivity index (χ1v) is 7.98. The molecule has 21 heavy (non-hydrogen) atoms. The van der Waals surface area contributed by atoms with E-state index >= 15 is 0 Å². The molecule has 2 N–H and O–H groups in total. The number of unbranched alkanes of at least 4 members (excludes halogenated alkanes) is 3. The zero-order valence-electron chi connectivity index (χ0n) is 12.7. The highest BCUT2D eigenvalue weighted by molar-refractivity contribution is 5.99. The van der Waals surface area contributed by atoms with Gasteiger partial charge in [0.2, 0.25) is 0 Å². The predicted octanol–water partition coefficient (Wildman–Crippen LogP) is 5.70. The minimum Gasteiger partial charge on any atom is -0.399 e. The van der Waals surface area contributed by atoms with Crippen LogP contribution in [0.1, 0.15) is 38.2 Å². The molecule has 108 valence electrons. The van der Waals surface area contributed by atoms with Gasteiger partial charge in [0.05, 0.1) is 0 Å². The van der Waals surface area contributed by atoms with Gasteiger partial charge in [-0.25, -0.2) is 0 Å². The summed E-state index contributed by atoms with van der Waals surface area (Å²) in [5.41, 5.74) is 8.15. The number of nitrogens with two attached hydrogens (primary N) is 1. The van der Waals surface area contributed by atoms with E-state index in [1.54, 1.807) is 0 Å². The van der Waals surface area contributed by atoms with Crippen LogP contribution in [0.3, 0.4) is 0 Å². The Morgan fingerprint density at radius 2 is 1.43 bits per heavy atom. The lowest BCUT2D eigenvalue weighted by Crippen LogP contribution is -1.87. The van der Waals surface area contributed by atoms with E-state index in [9.17, 15) is 0 Å². The van der Waals surface area contributed by atoms with E-state index < -0.39 is 0 Å². The lowest BCUT2D eigenvalue weighted by atomic mass is 9.99. The van der Waals surface area contributed by atoms with Crippen LogP contribution in [-0.2, 0) is 6.42 Å². The number of aryl methyl sites for hydroxylation is 1. The largest absolute Gasteiger partial charge is 0.399 e. The first-order valence-electron chi connectivity index (χ1n) is 7.98. The van der Waals surface area contributed by atoms with Crippen LogP contribution in [-0.4, -0.2) is 0 Å². The van der Waals surface area contributed by atoms with Crippen molar-refractivity contribution >= 4 is 27.2 Å². The molecular weight excluding hydrogens is 254 g/mol. The van der Waals surface area contributed by atoms with Crippen molar-refractivity contribution in [2.45, 2.75) is 39.0 Å². The average Bonchev–Trinajstić information content (AvgIpc) is 2.49. The molecule has 0 bridgehead atoms. The minimum absolute atomic E-state index is 0.828. The van der Waals surface area contributed by atoms with E-state index in [0.717, 1.165) is 5.69 Å². The lowest BCUT2D eigenvalue weighted by Gasteiger charge is -2.06. The summed E-state index contributed by atoms with van der Waals surface area (Å²) in [5.74, 6) is 0. The maximum Gasteiger partial charge on any atom is 0.0320 e. The molecular formula is C20H23N. The molecule has 0 spiro atoms. The van der Waals surface area contributed by atoms with E-state index in [4.69, 9.17) is 5.73 Å².